The van der Waals surface area contributed by atoms with Gasteiger partial charge in [-0.3, -0.25) is 0 Å². The van der Waals surface area contributed by atoms with Crippen LogP contribution in [-0.4, -0.2) is 6.54 Å². The van der Waals surface area contributed by atoms with Gasteiger partial charge in [0.05, 0.1) is 0 Å². The molecule has 0 amide bonds. The Morgan fingerprint density at radius 1 is 1.15 bits per heavy atom. The van der Waals surface area contributed by atoms with E-state index in [1.807, 2.05) is 0 Å². The zero-order chi connectivity index (χ0) is 14.2. The average molecular weight is 273 g/mol. The lowest BCUT2D eigenvalue weighted by molar-refractivity contribution is 0.474. The third-order valence-electron chi connectivity index (χ3n) is 4.78. The molecule has 1 aromatic rings. The molecule has 0 aliphatic carbocycles. The van der Waals surface area contributed by atoms with Crippen LogP contribution in [0.1, 0.15) is 69.9 Å². The molecular weight excluding hydrogens is 242 g/mol. The van der Waals surface area contributed by atoms with E-state index >= 15 is 0 Å². The maximum atomic E-state index is 3.53. The van der Waals surface area contributed by atoms with Gasteiger partial charge in [0.25, 0.3) is 0 Å². The van der Waals surface area contributed by atoms with Gasteiger partial charge >= 0.3 is 0 Å². The first-order valence-electron chi connectivity index (χ1n) is 8.66. The number of anilines is 1. The second kappa shape index (κ2) is 8.34. The van der Waals surface area contributed by atoms with Gasteiger partial charge in [0.2, 0.25) is 0 Å². The van der Waals surface area contributed by atoms with Gasteiger partial charge in [-0.15, -0.1) is 0 Å². The van der Waals surface area contributed by atoms with Crippen molar-refractivity contribution in [3.05, 3.63) is 29.3 Å². The van der Waals surface area contributed by atoms with E-state index in [1.54, 1.807) is 11.1 Å². The summed E-state index contributed by atoms with van der Waals surface area (Å²) in [4.78, 5) is 0. The molecule has 0 fully saturated rings. The maximum Gasteiger partial charge on any atom is 0.0375 e. The third-order valence-corrected chi connectivity index (χ3v) is 4.78. The summed E-state index contributed by atoms with van der Waals surface area (Å²) in [5.41, 5.74) is 4.58. The second-order valence-electron chi connectivity index (χ2n) is 6.44. The zero-order valence-electron chi connectivity index (χ0n) is 13.4. The molecule has 0 spiro atoms. The van der Waals surface area contributed by atoms with Gasteiger partial charge in [-0.1, -0.05) is 58.1 Å². The minimum atomic E-state index is 0.919. The predicted molar refractivity (Wildman–Crippen MR) is 89.5 cm³/mol. The van der Waals surface area contributed by atoms with Crippen molar-refractivity contribution in [1.29, 1.82) is 0 Å². The monoisotopic (exact) mass is 273 g/mol. The summed E-state index contributed by atoms with van der Waals surface area (Å²) in [6.45, 7) is 5.83. The molecule has 1 aliphatic rings. The minimum absolute atomic E-state index is 0.919. The Kier molecular flexibility index (Phi) is 6.42. The Labute approximate surface area is 125 Å². The Morgan fingerprint density at radius 3 is 2.85 bits per heavy atom. The van der Waals surface area contributed by atoms with Crippen LogP contribution in [0.3, 0.4) is 0 Å². The van der Waals surface area contributed by atoms with Crippen LogP contribution in [0.15, 0.2) is 18.2 Å². The first-order valence-corrected chi connectivity index (χ1v) is 8.66. The number of hydrogen-bond acceptors (Lipinski definition) is 1. The lowest BCUT2D eigenvalue weighted by Gasteiger charge is -2.21. The topological polar surface area (TPSA) is 12.0 Å². The summed E-state index contributed by atoms with van der Waals surface area (Å²) < 4.78 is 0. The molecule has 0 saturated heterocycles. The van der Waals surface area contributed by atoms with Gasteiger partial charge in [-0.05, 0) is 48.8 Å². The van der Waals surface area contributed by atoms with Crippen LogP contribution in [0.4, 0.5) is 5.69 Å². The van der Waals surface area contributed by atoms with Crippen molar-refractivity contribution in [2.45, 2.75) is 71.6 Å². The number of aryl methyl sites for hydroxylation is 1. The Hall–Kier alpha value is -0.980. The van der Waals surface area contributed by atoms with E-state index in [9.17, 15) is 0 Å². The van der Waals surface area contributed by atoms with E-state index < -0.39 is 0 Å². The van der Waals surface area contributed by atoms with Crippen molar-refractivity contribution in [2.75, 3.05) is 11.9 Å². The van der Waals surface area contributed by atoms with Crippen molar-refractivity contribution in [2.24, 2.45) is 5.92 Å². The van der Waals surface area contributed by atoms with Gasteiger partial charge in [-0.25, -0.2) is 0 Å². The van der Waals surface area contributed by atoms with Crippen LogP contribution in [0.25, 0.3) is 0 Å². The van der Waals surface area contributed by atoms with Crippen LogP contribution < -0.4 is 5.32 Å². The van der Waals surface area contributed by atoms with Crippen LogP contribution in [0, 0.1) is 5.92 Å². The van der Waals surface area contributed by atoms with Crippen LogP contribution in [0.5, 0.6) is 0 Å². The van der Waals surface area contributed by atoms with Gasteiger partial charge in [0.15, 0.2) is 0 Å². The molecule has 1 atom stereocenters. The van der Waals surface area contributed by atoms with E-state index in [2.05, 4.69) is 37.4 Å². The Balaban J connectivity index is 1.69. The highest BCUT2D eigenvalue weighted by Crippen LogP contribution is 2.26. The normalized spacial score (nSPS) is 15.5. The quantitative estimate of drug-likeness (QED) is 0.609. The number of unbranched alkanes of at least 4 members (excludes halogenated alkanes) is 3. The number of benzene rings is 1. The Morgan fingerprint density at radius 2 is 2.00 bits per heavy atom. The van der Waals surface area contributed by atoms with Crippen LogP contribution in [0.2, 0.25) is 0 Å². The molecule has 1 heteroatoms. The standard InChI is InChI=1S/C19H31N/c1-3-16(2)10-6-4-5-7-11-17-12-8-14-19-18(17)13-9-15-20-19/h8,12,14,16,20H,3-7,9-11,13,15H2,1-2H3/t16-/m0/s1. The molecule has 1 N–H and O–H groups in total. The van der Waals surface area contributed by atoms with Gasteiger partial charge in [0, 0.05) is 12.2 Å². The van der Waals surface area contributed by atoms with Crippen molar-refractivity contribution in [1.82, 2.24) is 0 Å². The first kappa shape index (κ1) is 15.4. The first-order chi connectivity index (χ1) is 9.81. The maximum absolute atomic E-state index is 3.53. The lowest BCUT2D eigenvalue weighted by Crippen LogP contribution is -2.13. The summed E-state index contributed by atoms with van der Waals surface area (Å²) in [5, 5.41) is 3.53. The van der Waals surface area contributed by atoms with Crippen molar-refractivity contribution in [3.8, 4) is 0 Å². The van der Waals surface area contributed by atoms with E-state index in [0.717, 1.165) is 12.5 Å². The number of fused-ring (bicyclic) bond motifs is 1. The summed E-state index contributed by atoms with van der Waals surface area (Å²) in [7, 11) is 0. The average Bonchev–Trinajstić information content (AvgIpc) is 2.50. The van der Waals surface area contributed by atoms with Gasteiger partial charge in [-0.2, -0.15) is 0 Å². The smallest absolute Gasteiger partial charge is 0.0375 e. The summed E-state index contributed by atoms with van der Waals surface area (Å²) in [5.74, 6) is 0.919. The van der Waals surface area contributed by atoms with Crippen LogP contribution in [-0.2, 0) is 12.8 Å². The number of hydrogen-bond donors (Lipinski definition) is 1. The fraction of sp³-hybridized carbons (Fsp3) is 0.684. The molecule has 1 aromatic carbocycles. The molecular formula is C19H31N. The molecule has 0 radical (unpaired) electrons. The fourth-order valence-corrected chi connectivity index (χ4v) is 3.18. The van der Waals surface area contributed by atoms with Gasteiger partial charge in [0.1, 0.15) is 0 Å². The third kappa shape index (κ3) is 4.54. The number of nitrogens with one attached hydrogen (secondary N) is 1. The molecule has 1 nitrogen and oxygen atoms in total. The van der Waals surface area contributed by atoms with Crippen LogP contribution >= 0.6 is 0 Å². The highest BCUT2D eigenvalue weighted by Gasteiger charge is 2.11. The predicted octanol–water partition coefficient (Wildman–Crippen LogP) is 5.58. The zero-order valence-corrected chi connectivity index (χ0v) is 13.4. The minimum Gasteiger partial charge on any atom is -0.385 e. The van der Waals surface area contributed by atoms with E-state index in [4.69, 9.17) is 0 Å². The molecule has 2 rings (SSSR count). The molecule has 0 saturated carbocycles. The largest absolute Gasteiger partial charge is 0.385 e. The molecule has 0 aromatic heterocycles. The highest BCUT2D eigenvalue weighted by atomic mass is 14.9. The van der Waals surface area contributed by atoms with E-state index in [1.165, 1.54) is 63.5 Å². The molecule has 20 heavy (non-hydrogen) atoms. The molecule has 112 valence electrons. The Bertz CT molecular complexity index is 397. The molecule has 0 bridgehead atoms. The summed E-state index contributed by atoms with van der Waals surface area (Å²) in [6, 6.07) is 6.80. The highest BCUT2D eigenvalue weighted by molar-refractivity contribution is 5.56. The second-order valence-corrected chi connectivity index (χ2v) is 6.44. The SMILES string of the molecule is CC[C@H](C)CCCCCCc1cccc2c1CCCN2. The van der Waals surface area contributed by atoms with Gasteiger partial charge < -0.3 is 5.32 Å². The van der Waals surface area contributed by atoms with Crippen molar-refractivity contribution >= 4 is 5.69 Å². The lowest BCUT2D eigenvalue weighted by atomic mass is 9.93. The number of rotatable bonds is 8. The van der Waals surface area contributed by atoms with E-state index in [-0.39, 0.29) is 0 Å². The molecule has 0 unspecified atom stereocenters. The van der Waals surface area contributed by atoms with Crippen molar-refractivity contribution in [3.63, 3.8) is 0 Å². The fourth-order valence-electron chi connectivity index (χ4n) is 3.18. The van der Waals surface area contributed by atoms with E-state index in [0.29, 0.717) is 0 Å². The summed E-state index contributed by atoms with van der Waals surface area (Å²) >= 11 is 0. The van der Waals surface area contributed by atoms with Crippen molar-refractivity contribution < 1.29 is 0 Å². The molecule has 1 heterocycles. The molecule has 1 aliphatic heterocycles. The summed E-state index contributed by atoms with van der Waals surface area (Å²) in [6.07, 6.45) is 12.2.